The minimum absolute atomic E-state index is 0. The third-order valence-electron chi connectivity index (χ3n) is 4.50. The van der Waals surface area contributed by atoms with E-state index >= 15 is 0 Å². The van der Waals surface area contributed by atoms with Crippen molar-refractivity contribution in [2.75, 3.05) is 18.4 Å². The molecule has 0 bridgehead atoms. The van der Waals surface area contributed by atoms with Crippen LogP contribution in [0.25, 0.3) is 0 Å². The Morgan fingerprint density at radius 3 is 2.64 bits per heavy atom. The van der Waals surface area contributed by atoms with Crippen molar-refractivity contribution in [3.63, 3.8) is 0 Å². The highest BCUT2D eigenvalue weighted by molar-refractivity contribution is 5.89. The van der Waals surface area contributed by atoms with Crippen LogP contribution in [0.15, 0.2) is 24.3 Å². The van der Waals surface area contributed by atoms with Gasteiger partial charge in [-0.1, -0.05) is 29.8 Å². The molecule has 0 unspecified atom stereocenters. The maximum Gasteiger partial charge on any atom is 0.227 e. The fraction of sp³-hybridized carbons (Fsp3) is 0.500. The lowest BCUT2D eigenvalue weighted by molar-refractivity contribution is -0.116. The molecule has 0 aliphatic carbocycles. The van der Waals surface area contributed by atoms with Crippen molar-refractivity contribution >= 4 is 24.3 Å². The van der Waals surface area contributed by atoms with Crippen molar-refractivity contribution in [2.45, 2.75) is 38.5 Å². The van der Waals surface area contributed by atoms with E-state index in [9.17, 15) is 4.79 Å². The van der Waals surface area contributed by atoms with Crippen LogP contribution in [0, 0.1) is 6.92 Å². The number of rotatable bonds is 5. The Balaban J connectivity index is 0.00000225. The molecule has 1 amide bonds. The smallest absolute Gasteiger partial charge is 0.227 e. The molecule has 7 heteroatoms. The summed E-state index contributed by atoms with van der Waals surface area (Å²) in [6.45, 7) is 4.06. The lowest BCUT2D eigenvalue weighted by atomic mass is 9.98. The van der Waals surface area contributed by atoms with Gasteiger partial charge in [0.05, 0.1) is 0 Å². The first-order chi connectivity index (χ1) is 11.6. The number of aromatic nitrogens is 3. The van der Waals surface area contributed by atoms with Crippen molar-refractivity contribution in [3.8, 4) is 0 Å². The van der Waals surface area contributed by atoms with E-state index in [1.807, 2.05) is 7.05 Å². The highest BCUT2D eigenvalue weighted by Crippen LogP contribution is 2.23. The molecule has 1 aliphatic rings. The maximum absolute atomic E-state index is 12.2. The number of carbonyl (C=O) groups excluding carboxylic acids is 1. The third-order valence-corrected chi connectivity index (χ3v) is 4.50. The van der Waals surface area contributed by atoms with Crippen molar-refractivity contribution in [1.29, 1.82) is 0 Å². The number of halogens is 1. The number of nitrogens with one attached hydrogen (secondary N) is 2. The summed E-state index contributed by atoms with van der Waals surface area (Å²) >= 11 is 0. The van der Waals surface area contributed by atoms with Gasteiger partial charge < -0.3 is 5.32 Å². The number of aryl methyl sites for hydroxylation is 3. The SMILES string of the molecule is Cc1ccc(CCC(=O)Nc2nc(C3CCNCC3)nn2C)cc1.Cl. The standard InChI is InChI=1S/C18H25N5O.ClH/c1-13-3-5-14(6-4-13)7-8-16(24)20-18-21-17(22-23(18)2)15-9-11-19-12-10-15;/h3-6,15,19H,7-12H2,1-2H3,(H,20,21,22,24);1H. The lowest BCUT2D eigenvalue weighted by Crippen LogP contribution is -2.27. The topological polar surface area (TPSA) is 71.8 Å². The van der Waals surface area contributed by atoms with E-state index in [0.29, 0.717) is 18.3 Å². The molecule has 0 radical (unpaired) electrons. The molecule has 1 aromatic carbocycles. The molecular formula is C18H26ClN5O. The first kappa shape index (κ1) is 19.4. The Morgan fingerprint density at radius 1 is 1.28 bits per heavy atom. The van der Waals surface area contributed by atoms with Crippen LogP contribution < -0.4 is 10.6 Å². The van der Waals surface area contributed by atoms with E-state index in [1.54, 1.807) is 4.68 Å². The summed E-state index contributed by atoms with van der Waals surface area (Å²) in [7, 11) is 1.83. The first-order valence-electron chi connectivity index (χ1n) is 8.59. The molecule has 6 nitrogen and oxygen atoms in total. The zero-order chi connectivity index (χ0) is 16.9. The Kier molecular flexibility index (Phi) is 6.96. The predicted molar refractivity (Wildman–Crippen MR) is 101 cm³/mol. The number of hydrogen-bond donors (Lipinski definition) is 2. The Labute approximate surface area is 154 Å². The van der Waals surface area contributed by atoms with Gasteiger partial charge >= 0.3 is 0 Å². The molecule has 1 aromatic heterocycles. The molecule has 1 aliphatic heterocycles. The number of nitrogens with zero attached hydrogens (tertiary/aromatic N) is 3. The highest BCUT2D eigenvalue weighted by Gasteiger charge is 2.21. The molecule has 2 heterocycles. The van der Waals surface area contributed by atoms with Gasteiger partial charge in [0.2, 0.25) is 11.9 Å². The average Bonchev–Trinajstić information content (AvgIpc) is 2.96. The number of amides is 1. The van der Waals surface area contributed by atoms with Crippen LogP contribution in [-0.2, 0) is 18.3 Å². The normalized spacial score (nSPS) is 14.8. The molecule has 0 spiro atoms. The summed E-state index contributed by atoms with van der Waals surface area (Å²) in [5, 5.41) is 10.7. The van der Waals surface area contributed by atoms with Crippen molar-refractivity contribution in [3.05, 3.63) is 41.2 Å². The Morgan fingerprint density at radius 2 is 1.96 bits per heavy atom. The van der Waals surface area contributed by atoms with Crippen molar-refractivity contribution in [1.82, 2.24) is 20.1 Å². The molecule has 3 rings (SSSR count). The summed E-state index contributed by atoms with van der Waals surface area (Å²) in [5.74, 6) is 1.74. The van der Waals surface area contributed by atoms with Crippen LogP contribution in [0.1, 0.15) is 42.1 Å². The molecule has 25 heavy (non-hydrogen) atoms. The summed E-state index contributed by atoms with van der Waals surface area (Å²) < 4.78 is 1.67. The lowest BCUT2D eigenvalue weighted by Gasteiger charge is -2.19. The molecular weight excluding hydrogens is 338 g/mol. The molecule has 2 N–H and O–H groups in total. The number of piperidine rings is 1. The average molecular weight is 364 g/mol. The molecule has 136 valence electrons. The fourth-order valence-corrected chi connectivity index (χ4v) is 2.97. The van der Waals surface area contributed by atoms with E-state index in [0.717, 1.165) is 38.2 Å². The molecule has 1 saturated heterocycles. The van der Waals surface area contributed by atoms with E-state index in [2.05, 4.69) is 51.9 Å². The predicted octanol–water partition coefficient (Wildman–Crippen LogP) is 2.58. The van der Waals surface area contributed by atoms with E-state index in [1.165, 1.54) is 11.1 Å². The third kappa shape index (κ3) is 5.28. The van der Waals surface area contributed by atoms with Crippen LogP contribution in [0.2, 0.25) is 0 Å². The molecule has 0 saturated carbocycles. The van der Waals surface area contributed by atoms with Crippen LogP contribution in [0.3, 0.4) is 0 Å². The molecule has 1 fully saturated rings. The van der Waals surface area contributed by atoms with Gasteiger partial charge in [0.25, 0.3) is 0 Å². The van der Waals surface area contributed by atoms with Crippen LogP contribution >= 0.6 is 12.4 Å². The second-order valence-corrected chi connectivity index (χ2v) is 6.48. The monoisotopic (exact) mass is 363 g/mol. The summed E-state index contributed by atoms with van der Waals surface area (Å²) in [6.07, 6.45) is 3.26. The fourth-order valence-electron chi connectivity index (χ4n) is 2.97. The highest BCUT2D eigenvalue weighted by atomic mass is 35.5. The Hall–Kier alpha value is -1.92. The van der Waals surface area contributed by atoms with Gasteiger partial charge in [0, 0.05) is 19.4 Å². The largest absolute Gasteiger partial charge is 0.317 e. The second-order valence-electron chi connectivity index (χ2n) is 6.48. The Bertz CT molecular complexity index is 692. The maximum atomic E-state index is 12.2. The molecule has 2 aromatic rings. The zero-order valence-electron chi connectivity index (χ0n) is 14.8. The van der Waals surface area contributed by atoms with Crippen LogP contribution in [-0.4, -0.2) is 33.8 Å². The minimum Gasteiger partial charge on any atom is -0.317 e. The van der Waals surface area contributed by atoms with E-state index in [-0.39, 0.29) is 18.3 Å². The number of benzene rings is 1. The van der Waals surface area contributed by atoms with E-state index < -0.39 is 0 Å². The minimum atomic E-state index is -0.0251. The van der Waals surface area contributed by atoms with Gasteiger partial charge in [-0.15, -0.1) is 12.4 Å². The number of hydrogen-bond acceptors (Lipinski definition) is 4. The summed E-state index contributed by atoms with van der Waals surface area (Å²) in [5.41, 5.74) is 2.40. The quantitative estimate of drug-likeness (QED) is 0.856. The van der Waals surface area contributed by atoms with Crippen molar-refractivity contribution < 1.29 is 4.79 Å². The zero-order valence-corrected chi connectivity index (χ0v) is 15.6. The van der Waals surface area contributed by atoms with Crippen LogP contribution in [0.4, 0.5) is 5.95 Å². The van der Waals surface area contributed by atoms with Gasteiger partial charge in [-0.2, -0.15) is 10.1 Å². The summed E-state index contributed by atoms with van der Waals surface area (Å²) in [4.78, 5) is 16.7. The van der Waals surface area contributed by atoms with E-state index in [4.69, 9.17) is 0 Å². The van der Waals surface area contributed by atoms with Gasteiger partial charge in [-0.05, 0) is 44.8 Å². The molecule has 0 atom stereocenters. The van der Waals surface area contributed by atoms with Gasteiger partial charge in [0.1, 0.15) is 0 Å². The first-order valence-corrected chi connectivity index (χ1v) is 8.59. The van der Waals surface area contributed by atoms with Gasteiger partial charge in [0.15, 0.2) is 5.82 Å². The van der Waals surface area contributed by atoms with Gasteiger partial charge in [-0.3, -0.25) is 10.1 Å². The second kappa shape index (κ2) is 8.97. The summed E-state index contributed by atoms with van der Waals surface area (Å²) in [6, 6.07) is 8.28. The van der Waals surface area contributed by atoms with Crippen LogP contribution in [0.5, 0.6) is 0 Å². The van der Waals surface area contributed by atoms with Crippen molar-refractivity contribution in [2.24, 2.45) is 7.05 Å². The number of carbonyl (C=O) groups is 1. The van der Waals surface area contributed by atoms with Gasteiger partial charge in [-0.25, -0.2) is 4.68 Å². The number of anilines is 1.